The molecule has 2 aliphatic heterocycles. The van der Waals surface area contributed by atoms with Gasteiger partial charge in [0.15, 0.2) is 5.17 Å². The predicted octanol–water partition coefficient (Wildman–Crippen LogP) is 6.41. The van der Waals surface area contributed by atoms with E-state index in [9.17, 15) is 4.79 Å². The number of nitrogens with zero attached hydrogens (tertiary/aromatic N) is 3. The maximum Gasteiger partial charge on any atom is 0.286 e. The minimum atomic E-state index is -0.289. The van der Waals surface area contributed by atoms with Crippen LogP contribution < -0.4 is 0 Å². The SMILES string of the molecule is O=C1N=C(N2N=C(c3ccc(Cl)cc3)CC2c2ccco2)S/C1=C/c1ccc(Cl)cc1. The Bertz CT molecular complexity index is 1220. The van der Waals surface area contributed by atoms with Gasteiger partial charge in [-0.15, -0.1) is 0 Å². The number of rotatable bonds is 3. The van der Waals surface area contributed by atoms with E-state index < -0.39 is 0 Å². The second-order valence-corrected chi connectivity index (χ2v) is 8.88. The van der Waals surface area contributed by atoms with Crippen LogP contribution in [0.3, 0.4) is 0 Å². The van der Waals surface area contributed by atoms with Crippen LogP contribution in [0.25, 0.3) is 6.08 Å². The van der Waals surface area contributed by atoms with Gasteiger partial charge in [-0.3, -0.25) is 4.79 Å². The van der Waals surface area contributed by atoms with E-state index >= 15 is 0 Å². The molecule has 0 fully saturated rings. The molecule has 0 spiro atoms. The first kappa shape index (κ1) is 20.1. The summed E-state index contributed by atoms with van der Waals surface area (Å²) >= 11 is 13.3. The summed E-state index contributed by atoms with van der Waals surface area (Å²) in [5, 5.41) is 8.40. The number of hydrazone groups is 1. The van der Waals surface area contributed by atoms with Crippen LogP contribution >= 0.6 is 35.0 Å². The maximum absolute atomic E-state index is 12.6. The van der Waals surface area contributed by atoms with Gasteiger partial charge in [0.25, 0.3) is 5.91 Å². The number of amidine groups is 1. The first-order chi connectivity index (χ1) is 15.1. The lowest BCUT2D eigenvalue weighted by molar-refractivity contribution is -0.113. The van der Waals surface area contributed by atoms with Crippen molar-refractivity contribution in [2.75, 3.05) is 0 Å². The summed E-state index contributed by atoms with van der Waals surface area (Å²) in [6.07, 6.45) is 4.06. The second kappa shape index (κ2) is 8.38. The maximum atomic E-state index is 12.6. The van der Waals surface area contributed by atoms with E-state index in [4.69, 9.17) is 32.7 Å². The molecule has 8 heteroatoms. The zero-order valence-electron chi connectivity index (χ0n) is 16.0. The Morgan fingerprint density at radius 1 is 1.03 bits per heavy atom. The van der Waals surface area contributed by atoms with Crippen molar-refractivity contribution in [1.29, 1.82) is 0 Å². The van der Waals surface area contributed by atoms with Crippen LogP contribution in [0.2, 0.25) is 10.0 Å². The molecule has 0 aliphatic carbocycles. The van der Waals surface area contributed by atoms with E-state index in [-0.39, 0.29) is 11.9 Å². The minimum absolute atomic E-state index is 0.186. The molecule has 31 heavy (non-hydrogen) atoms. The first-order valence-corrected chi connectivity index (χ1v) is 11.1. The fourth-order valence-corrected chi connectivity index (χ4v) is 4.58. The second-order valence-electron chi connectivity index (χ2n) is 7.00. The summed E-state index contributed by atoms with van der Waals surface area (Å²) in [6, 6.07) is 18.4. The Morgan fingerprint density at radius 2 is 1.74 bits per heavy atom. The van der Waals surface area contributed by atoms with Crippen LogP contribution in [0.5, 0.6) is 0 Å². The molecule has 0 saturated heterocycles. The zero-order valence-corrected chi connectivity index (χ0v) is 18.4. The Hall–Kier alpha value is -2.80. The number of benzene rings is 2. The summed E-state index contributed by atoms with van der Waals surface area (Å²) in [5.74, 6) is 0.474. The van der Waals surface area contributed by atoms with Gasteiger partial charge < -0.3 is 4.42 Å². The molecule has 1 atom stereocenters. The smallest absolute Gasteiger partial charge is 0.286 e. The third kappa shape index (κ3) is 4.19. The highest BCUT2D eigenvalue weighted by atomic mass is 35.5. The average molecular weight is 468 g/mol. The first-order valence-electron chi connectivity index (χ1n) is 9.51. The number of hydrogen-bond donors (Lipinski definition) is 0. The molecule has 1 unspecified atom stereocenters. The van der Waals surface area contributed by atoms with Crippen molar-refractivity contribution < 1.29 is 9.21 Å². The molecule has 2 aromatic carbocycles. The fraction of sp³-hybridized carbons (Fsp3) is 0.0870. The number of furan rings is 1. The van der Waals surface area contributed by atoms with Crippen molar-refractivity contribution in [2.24, 2.45) is 10.1 Å². The highest BCUT2D eigenvalue weighted by Gasteiger charge is 2.37. The monoisotopic (exact) mass is 467 g/mol. The predicted molar refractivity (Wildman–Crippen MR) is 125 cm³/mol. The van der Waals surface area contributed by atoms with E-state index in [0.29, 0.717) is 26.5 Å². The van der Waals surface area contributed by atoms with Crippen molar-refractivity contribution in [1.82, 2.24) is 5.01 Å². The summed E-state index contributed by atoms with van der Waals surface area (Å²) in [4.78, 5) is 17.4. The van der Waals surface area contributed by atoms with Crippen molar-refractivity contribution >= 4 is 57.8 Å². The number of aliphatic imine (C=N–C) groups is 1. The highest BCUT2D eigenvalue weighted by Crippen LogP contribution is 2.39. The van der Waals surface area contributed by atoms with E-state index in [1.807, 2.05) is 54.6 Å². The van der Waals surface area contributed by atoms with Crippen LogP contribution in [0.4, 0.5) is 0 Å². The van der Waals surface area contributed by atoms with Gasteiger partial charge in [0.05, 0.1) is 16.9 Å². The Labute approximate surface area is 193 Å². The van der Waals surface area contributed by atoms with Gasteiger partial charge in [-0.25, -0.2) is 5.01 Å². The normalized spacial score (nSPS) is 19.8. The number of carbonyl (C=O) groups excluding carboxylic acids is 1. The molecule has 1 amide bonds. The molecular formula is C23H15Cl2N3O2S. The standard InChI is InChI=1S/C23H15Cl2N3O2S/c24-16-7-3-14(4-8-16)12-21-22(29)26-23(31-21)28-19(20-2-1-11-30-20)13-18(27-28)15-5-9-17(25)10-6-15/h1-12,19H,13H2/b21-12+. The fourth-order valence-electron chi connectivity index (χ4n) is 3.41. The molecule has 0 radical (unpaired) electrons. The molecule has 5 rings (SSSR count). The zero-order chi connectivity index (χ0) is 21.4. The number of carbonyl (C=O) groups is 1. The Balaban J connectivity index is 1.46. The van der Waals surface area contributed by atoms with Crippen molar-refractivity contribution in [3.05, 3.63) is 98.8 Å². The summed E-state index contributed by atoms with van der Waals surface area (Å²) in [7, 11) is 0. The van der Waals surface area contributed by atoms with Gasteiger partial charge in [-0.05, 0) is 65.4 Å². The van der Waals surface area contributed by atoms with Crippen LogP contribution in [0.1, 0.15) is 29.3 Å². The van der Waals surface area contributed by atoms with E-state index in [1.165, 1.54) is 11.8 Å². The molecule has 3 aromatic rings. The lowest BCUT2D eigenvalue weighted by atomic mass is 10.0. The number of thioether (sulfide) groups is 1. The molecule has 154 valence electrons. The van der Waals surface area contributed by atoms with E-state index in [2.05, 4.69) is 4.99 Å². The number of halogens is 2. The molecule has 3 heterocycles. The molecule has 0 saturated carbocycles. The van der Waals surface area contributed by atoms with E-state index in [0.717, 1.165) is 22.6 Å². The lowest BCUT2D eigenvalue weighted by Crippen LogP contribution is -2.23. The molecule has 5 nitrogen and oxygen atoms in total. The average Bonchev–Trinajstić information content (AvgIpc) is 3.50. The summed E-state index contributed by atoms with van der Waals surface area (Å²) < 4.78 is 5.66. The third-order valence-electron chi connectivity index (χ3n) is 4.93. The van der Waals surface area contributed by atoms with Crippen LogP contribution in [0, 0.1) is 0 Å². The largest absolute Gasteiger partial charge is 0.467 e. The summed E-state index contributed by atoms with van der Waals surface area (Å²) in [6.45, 7) is 0. The third-order valence-corrected chi connectivity index (χ3v) is 6.41. The molecular weight excluding hydrogens is 453 g/mol. The molecule has 0 bridgehead atoms. The Kier molecular flexibility index (Phi) is 5.44. The van der Waals surface area contributed by atoms with Gasteiger partial charge in [-0.1, -0.05) is 47.5 Å². The van der Waals surface area contributed by atoms with Gasteiger partial charge >= 0.3 is 0 Å². The number of amides is 1. The molecule has 0 N–H and O–H groups in total. The minimum Gasteiger partial charge on any atom is -0.467 e. The van der Waals surface area contributed by atoms with Crippen LogP contribution in [0.15, 0.2) is 86.3 Å². The number of hydrogen-bond acceptors (Lipinski definition) is 5. The van der Waals surface area contributed by atoms with Crippen LogP contribution in [-0.2, 0) is 4.79 Å². The van der Waals surface area contributed by atoms with Gasteiger partial charge in [0.1, 0.15) is 11.8 Å². The highest BCUT2D eigenvalue weighted by molar-refractivity contribution is 8.18. The van der Waals surface area contributed by atoms with Crippen molar-refractivity contribution in [3.8, 4) is 0 Å². The van der Waals surface area contributed by atoms with Gasteiger partial charge in [-0.2, -0.15) is 10.1 Å². The van der Waals surface area contributed by atoms with Crippen molar-refractivity contribution in [3.63, 3.8) is 0 Å². The molecule has 1 aromatic heterocycles. The van der Waals surface area contributed by atoms with Crippen molar-refractivity contribution in [2.45, 2.75) is 12.5 Å². The van der Waals surface area contributed by atoms with Gasteiger partial charge in [0.2, 0.25) is 0 Å². The van der Waals surface area contributed by atoms with E-state index in [1.54, 1.807) is 23.4 Å². The lowest BCUT2D eigenvalue weighted by Gasteiger charge is -2.20. The Morgan fingerprint density at radius 3 is 2.42 bits per heavy atom. The quantitative estimate of drug-likeness (QED) is 0.417. The topological polar surface area (TPSA) is 58.2 Å². The van der Waals surface area contributed by atoms with Crippen LogP contribution in [-0.4, -0.2) is 21.8 Å². The van der Waals surface area contributed by atoms with Gasteiger partial charge in [0, 0.05) is 16.5 Å². The summed E-state index contributed by atoms with van der Waals surface area (Å²) in [5.41, 5.74) is 2.73. The molecule has 2 aliphatic rings.